The molecule has 0 aromatic heterocycles. The van der Waals surface area contributed by atoms with E-state index in [0.717, 1.165) is 5.56 Å². The Morgan fingerprint density at radius 2 is 1.58 bits per heavy atom. The normalized spacial score (nSPS) is 12.5. The number of amides is 2. The Bertz CT molecular complexity index is 1040. The first kappa shape index (κ1) is 22.0. The van der Waals surface area contributed by atoms with Crippen LogP contribution in [0.15, 0.2) is 78.9 Å². The van der Waals surface area contributed by atoms with Crippen molar-refractivity contribution in [2.24, 2.45) is 0 Å². The monoisotopic (exact) mass is 420 g/mol. The number of hydrogen-bond donors (Lipinski definition) is 2. The second-order valence-corrected chi connectivity index (χ2v) is 7.09. The third-order valence-electron chi connectivity index (χ3n) is 4.85. The van der Waals surface area contributed by atoms with E-state index in [2.05, 4.69) is 10.6 Å². The Hall–Kier alpha value is -3.67. The van der Waals surface area contributed by atoms with Crippen molar-refractivity contribution in [2.45, 2.75) is 32.4 Å². The van der Waals surface area contributed by atoms with Crippen LogP contribution in [0.1, 0.15) is 42.2 Å². The zero-order valence-electron chi connectivity index (χ0n) is 17.5. The number of nitrogens with one attached hydrogen (secondary N) is 2. The molecule has 0 heterocycles. The summed E-state index contributed by atoms with van der Waals surface area (Å²) in [6.45, 7) is 3.66. The van der Waals surface area contributed by atoms with Gasteiger partial charge in [0.1, 0.15) is 0 Å². The van der Waals surface area contributed by atoms with Gasteiger partial charge >= 0.3 is 0 Å². The van der Waals surface area contributed by atoms with E-state index in [9.17, 15) is 14.0 Å². The number of carbonyl (C=O) groups is 2. The summed E-state index contributed by atoms with van der Waals surface area (Å²) in [5.41, 5.74) is 1.67. The minimum Gasteiger partial charge on any atom is -0.478 e. The number of carbonyl (C=O) groups excluding carboxylic acids is 2. The van der Waals surface area contributed by atoms with Crippen LogP contribution >= 0.6 is 0 Å². The molecule has 31 heavy (non-hydrogen) atoms. The highest BCUT2D eigenvalue weighted by atomic mass is 19.1. The van der Waals surface area contributed by atoms with Crippen LogP contribution in [-0.4, -0.2) is 17.9 Å². The molecule has 0 unspecified atom stereocenters. The van der Waals surface area contributed by atoms with Crippen molar-refractivity contribution in [3.05, 3.63) is 95.8 Å². The van der Waals surface area contributed by atoms with Crippen molar-refractivity contribution in [1.82, 2.24) is 5.32 Å². The lowest BCUT2D eigenvalue weighted by Gasteiger charge is -2.19. The zero-order valence-corrected chi connectivity index (χ0v) is 17.5. The molecular weight excluding hydrogens is 395 g/mol. The van der Waals surface area contributed by atoms with E-state index in [4.69, 9.17) is 4.74 Å². The first-order valence-corrected chi connectivity index (χ1v) is 10.2. The Labute approximate surface area is 181 Å². The summed E-state index contributed by atoms with van der Waals surface area (Å²) >= 11 is 0. The Morgan fingerprint density at radius 1 is 0.935 bits per heavy atom. The van der Waals surface area contributed by atoms with Gasteiger partial charge in [-0.2, -0.15) is 0 Å². The Morgan fingerprint density at radius 3 is 2.29 bits per heavy atom. The minimum absolute atomic E-state index is 0.00668. The standard InChI is InChI=1S/C25H25FN2O3/c1-3-22(31-23-16-10-8-14-20(23)26)25(30)28-21-15-9-7-13-19(21)24(29)27-17(2)18-11-5-4-6-12-18/h4-17,22H,3H2,1-2H3,(H,27,29)(H,28,30)/t17-,22-/m0/s1. The average molecular weight is 420 g/mol. The van der Waals surface area contributed by atoms with Crippen molar-refractivity contribution < 1.29 is 18.7 Å². The molecule has 3 aromatic rings. The first-order chi connectivity index (χ1) is 15.0. The van der Waals surface area contributed by atoms with Gasteiger partial charge < -0.3 is 15.4 Å². The summed E-state index contributed by atoms with van der Waals surface area (Å²) in [6, 6.07) is 22.1. The second-order valence-electron chi connectivity index (χ2n) is 7.09. The number of hydrogen-bond acceptors (Lipinski definition) is 3. The van der Waals surface area contributed by atoms with Crippen LogP contribution < -0.4 is 15.4 Å². The van der Waals surface area contributed by atoms with Gasteiger partial charge in [-0.1, -0.05) is 61.5 Å². The quantitative estimate of drug-likeness (QED) is 0.532. The molecule has 0 aliphatic carbocycles. The number of anilines is 1. The fourth-order valence-electron chi connectivity index (χ4n) is 3.12. The van der Waals surface area contributed by atoms with E-state index in [1.54, 1.807) is 43.3 Å². The molecule has 0 spiro atoms. The van der Waals surface area contributed by atoms with Crippen molar-refractivity contribution in [3.63, 3.8) is 0 Å². The molecule has 160 valence electrons. The van der Waals surface area contributed by atoms with E-state index in [-0.39, 0.29) is 17.7 Å². The maximum atomic E-state index is 13.9. The SMILES string of the molecule is CC[C@H](Oc1ccccc1F)C(=O)Nc1ccccc1C(=O)N[C@@H](C)c1ccccc1. The zero-order chi connectivity index (χ0) is 22.2. The average Bonchev–Trinajstić information content (AvgIpc) is 2.79. The minimum atomic E-state index is -0.906. The van der Waals surface area contributed by atoms with Crippen molar-refractivity contribution in [3.8, 4) is 5.75 Å². The lowest BCUT2D eigenvalue weighted by atomic mass is 10.1. The summed E-state index contributed by atoms with van der Waals surface area (Å²) in [7, 11) is 0. The van der Waals surface area contributed by atoms with Gasteiger partial charge in [0.15, 0.2) is 17.7 Å². The molecule has 0 radical (unpaired) electrons. The van der Waals surface area contributed by atoms with Crippen LogP contribution in [0.4, 0.5) is 10.1 Å². The van der Waals surface area contributed by atoms with Crippen LogP contribution in [-0.2, 0) is 4.79 Å². The lowest BCUT2D eigenvalue weighted by molar-refractivity contribution is -0.122. The van der Waals surface area contributed by atoms with E-state index in [0.29, 0.717) is 17.7 Å². The van der Waals surface area contributed by atoms with E-state index >= 15 is 0 Å². The predicted octanol–water partition coefficient (Wildman–Crippen LogP) is 5.11. The van der Waals surface area contributed by atoms with E-state index in [1.165, 1.54) is 12.1 Å². The molecule has 0 fully saturated rings. The first-order valence-electron chi connectivity index (χ1n) is 10.2. The number of para-hydroxylation sites is 2. The van der Waals surface area contributed by atoms with Gasteiger partial charge in [0.05, 0.1) is 17.3 Å². The molecule has 0 saturated heterocycles. The van der Waals surface area contributed by atoms with Crippen molar-refractivity contribution in [2.75, 3.05) is 5.32 Å². The molecular formula is C25H25FN2O3. The molecule has 2 amide bonds. The van der Waals surface area contributed by atoms with Crippen LogP contribution in [0.25, 0.3) is 0 Å². The third kappa shape index (κ3) is 5.69. The molecule has 2 N–H and O–H groups in total. The summed E-state index contributed by atoms with van der Waals surface area (Å²) in [5, 5.41) is 5.69. The van der Waals surface area contributed by atoms with Gasteiger partial charge in [0.2, 0.25) is 0 Å². The number of benzene rings is 3. The van der Waals surface area contributed by atoms with Crippen LogP contribution in [0, 0.1) is 5.82 Å². The highest BCUT2D eigenvalue weighted by Gasteiger charge is 2.22. The molecule has 6 heteroatoms. The van der Waals surface area contributed by atoms with E-state index < -0.39 is 17.8 Å². The smallest absolute Gasteiger partial charge is 0.265 e. The number of halogens is 1. The maximum Gasteiger partial charge on any atom is 0.265 e. The van der Waals surface area contributed by atoms with Crippen LogP contribution in [0.3, 0.4) is 0 Å². The topological polar surface area (TPSA) is 67.4 Å². The molecule has 3 aromatic carbocycles. The van der Waals surface area contributed by atoms with Gasteiger partial charge in [-0.05, 0) is 43.2 Å². The Kier molecular flexibility index (Phi) is 7.38. The number of rotatable bonds is 8. The van der Waals surface area contributed by atoms with Gasteiger partial charge in [-0.3, -0.25) is 9.59 Å². The Balaban J connectivity index is 1.72. The van der Waals surface area contributed by atoms with Crippen LogP contribution in [0.2, 0.25) is 0 Å². The fraction of sp³-hybridized carbons (Fsp3) is 0.200. The summed E-state index contributed by atoms with van der Waals surface area (Å²) in [5.74, 6) is -1.30. The van der Waals surface area contributed by atoms with Crippen molar-refractivity contribution in [1.29, 1.82) is 0 Å². The maximum absolute atomic E-state index is 13.9. The van der Waals surface area contributed by atoms with Gasteiger partial charge in [-0.15, -0.1) is 0 Å². The van der Waals surface area contributed by atoms with Gasteiger partial charge in [0, 0.05) is 0 Å². The van der Waals surface area contributed by atoms with Gasteiger partial charge in [-0.25, -0.2) is 4.39 Å². The third-order valence-corrected chi connectivity index (χ3v) is 4.85. The van der Waals surface area contributed by atoms with E-state index in [1.807, 2.05) is 37.3 Å². The predicted molar refractivity (Wildman–Crippen MR) is 119 cm³/mol. The molecule has 2 atom stereocenters. The van der Waals surface area contributed by atoms with Crippen LogP contribution in [0.5, 0.6) is 5.75 Å². The van der Waals surface area contributed by atoms with Crippen molar-refractivity contribution >= 4 is 17.5 Å². The molecule has 0 bridgehead atoms. The molecule has 5 nitrogen and oxygen atoms in total. The molecule has 3 rings (SSSR count). The largest absolute Gasteiger partial charge is 0.478 e. The second kappa shape index (κ2) is 10.4. The number of ether oxygens (including phenoxy) is 1. The molecule has 0 aliphatic heterocycles. The molecule has 0 saturated carbocycles. The highest BCUT2D eigenvalue weighted by Crippen LogP contribution is 2.21. The lowest BCUT2D eigenvalue weighted by Crippen LogP contribution is -2.34. The highest BCUT2D eigenvalue weighted by molar-refractivity contribution is 6.04. The summed E-state index contributed by atoms with van der Waals surface area (Å²) in [6.07, 6.45) is -0.573. The summed E-state index contributed by atoms with van der Waals surface area (Å²) < 4.78 is 19.5. The molecule has 0 aliphatic rings. The van der Waals surface area contributed by atoms with Gasteiger partial charge in [0.25, 0.3) is 11.8 Å². The fourth-order valence-corrected chi connectivity index (χ4v) is 3.12. The summed E-state index contributed by atoms with van der Waals surface area (Å²) in [4.78, 5) is 25.7.